The molecule has 1 aliphatic heterocycles. The molecule has 1 fully saturated rings. The number of hydrogen-bond acceptors (Lipinski definition) is 3. The number of H-pyrrole nitrogens is 1. The Morgan fingerprint density at radius 2 is 2.04 bits per heavy atom. The zero-order valence-corrected chi connectivity index (χ0v) is 13.0. The van der Waals surface area contributed by atoms with E-state index in [2.05, 4.69) is 44.3 Å². The third kappa shape index (κ3) is 3.03. The van der Waals surface area contributed by atoms with Crippen LogP contribution in [0.25, 0.3) is 11.3 Å². The molecule has 0 spiro atoms. The number of pyridine rings is 1. The SMILES string of the molecule is c1ccc(-c2cc(CN3CCCC3c3cccnc3)[nH]n2)cc1. The summed E-state index contributed by atoms with van der Waals surface area (Å²) in [6.07, 6.45) is 6.26. The van der Waals surface area contributed by atoms with E-state index in [4.69, 9.17) is 0 Å². The minimum Gasteiger partial charge on any atom is -0.290 e. The third-order valence-electron chi connectivity index (χ3n) is 4.51. The van der Waals surface area contributed by atoms with E-state index < -0.39 is 0 Å². The second-order valence-corrected chi connectivity index (χ2v) is 6.06. The van der Waals surface area contributed by atoms with E-state index in [1.54, 1.807) is 0 Å². The molecule has 0 bridgehead atoms. The van der Waals surface area contributed by atoms with E-state index in [0.29, 0.717) is 6.04 Å². The quantitative estimate of drug-likeness (QED) is 0.797. The number of nitrogens with zero attached hydrogens (tertiary/aromatic N) is 3. The average molecular weight is 304 g/mol. The van der Waals surface area contributed by atoms with Gasteiger partial charge in [-0.05, 0) is 37.1 Å². The molecule has 0 radical (unpaired) electrons. The Hall–Kier alpha value is -2.46. The summed E-state index contributed by atoms with van der Waals surface area (Å²) in [7, 11) is 0. The maximum Gasteiger partial charge on any atom is 0.0924 e. The van der Waals surface area contributed by atoms with Crippen molar-refractivity contribution in [3.05, 3.63) is 72.2 Å². The van der Waals surface area contributed by atoms with Crippen molar-refractivity contribution in [2.75, 3.05) is 6.54 Å². The van der Waals surface area contributed by atoms with Gasteiger partial charge in [0, 0.05) is 36.2 Å². The Morgan fingerprint density at radius 3 is 2.87 bits per heavy atom. The van der Waals surface area contributed by atoms with Gasteiger partial charge >= 0.3 is 0 Å². The smallest absolute Gasteiger partial charge is 0.0924 e. The number of aromatic amines is 1. The molecule has 3 heterocycles. The minimum absolute atomic E-state index is 0.465. The minimum atomic E-state index is 0.465. The molecule has 4 heteroatoms. The molecular weight excluding hydrogens is 284 g/mol. The van der Waals surface area contributed by atoms with Gasteiger partial charge in [0.25, 0.3) is 0 Å². The van der Waals surface area contributed by atoms with Gasteiger partial charge in [0.15, 0.2) is 0 Å². The highest BCUT2D eigenvalue weighted by atomic mass is 15.2. The van der Waals surface area contributed by atoms with Crippen LogP contribution in [0.4, 0.5) is 0 Å². The van der Waals surface area contributed by atoms with Gasteiger partial charge in [-0.25, -0.2) is 0 Å². The molecule has 116 valence electrons. The van der Waals surface area contributed by atoms with Gasteiger partial charge in [-0.2, -0.15) is 5.10 Å². The highest BCUT2D eigenvalue weighted by Gasteiger charge is 2.26. The third-order valence-corrected chi connectivity index (χ3v) is 4.51. The maximum atomic E-state index is 4.46. The van der Waals surface area contributed by atoms with Gasteiger partial charge < -0.3 is 0 Å². The van der Waals surface area contributed by atoms with E-state index in [0.717, 1.165) is 24.3 Å². The van der Waals surface area contributed by atoms with Gasteiger partial charge in [-0.1, -0.05) is 36.4 Å². The Kier molecular flexibility index (Phi) is 3.90. The van der Waals surface area contributed by atoms with Crippen molar-refractivity contribution in [2.24, 2.45) is 0 Å². The lowest BCUT2D eigenvalue weighted by molar-refractivity contribution is 0.245. The second-order valence-electron chi connectivity index (χ2n) is 6.06. The number of hydrogen-bond donors (Lipinski definition) is 1. The molecule has 0 aliphatic carbocycles. The number of likely N-dealkylation sites (tertiary alicyclic amines) is 1. The normalized spacial score (nSPS) is 18.3. The van der Waals surface area contributed by atoms with E-state index >= 15 is 0 Å². The van der Waals surface area contributed by atoms with E-state index in [1.807, 2.05) is 36.7 Å². The standard InChI is InChI=1S/C19H20N4/c1-2-6-15(7-3-1)18-12-17(21-22-18)14-23-11-5-9-19(23)16-8-4-10-20-13-16/h1-4,6-8,10,12-13,19H,5,9,11,14H2,(H,21,22). The first-order valence-corrected chi connectivity index (χ1v) is 8.14. The molecule has 0 saturated carbocycles. The van der Waals surface area contributed by atoms with Crippen molar-refractivity contribution >= 4 is 0 Å². The first-order chi connectivity index (χ1) is 11.4. The molecule has 0 amide bonds. The van der Waals surface area contributed by atoms with Crippen molar-refractivity contribution in [3.8, 4) is 11.3 Å². The first kappa shape index (κ1) is 14.2. The molecule has 1 atom stereocenters. The maximum absolute atomic E-state index is 4.46. The molecule has 1 N–H and O–H groups in total. The zero-order chi connectivity index (χ0) is 15.5. The molecule has 4 rings (SSSR count). The first-order valence-electron chi connectivity index (χ1n) is 8.14. The highest BCUT2D eigenvalue weighted by Crippen LogP contribution is 2.32. The molecular formula is C19H20N4. The van der Waals surface area contributed by atoms with Crippen molar-refractivity contribution in [3.63, 3.8) is 0 Å². The number of rotatable bonds is 4. The molecule has 1 aliphatic rings. The summed E-state index contributed by atoms with van der Waals surface area (Å²) >= 11 is 0. The van der Waals surface area contributed by atoms with Crippen LogP contribution in [-0.4, -0.2) is 26.6 Å². The molecule has 1 aromatic carbocycles. The summed E-state index contributed by atoms with van der Waals surface area (Å²) in [6.45, 7) is 2.03. The fourth-order valence-electron chi connectivity index (χ4n) is 3.38. The Labute approximate surface area is 136 Å². The molecule has 1 unspecified atom stereocenters. The van der Waals surface area contributed by atoms with Crippen LogP contribution in [0.15, 0.2) is 60.9 Å². The number of benzene rings is 1. The predicted octanol–water partition coefficient (Wildman–Crippen LogP) is 3.81. The van der Waals surface area contributed by atoms with Crippen LogP contribution in [-0.2, 0) is 6.54 Å². The van der Waals surface area contributed by atoms with Crippen LogP contribution in [0.2, 0.25) is 0 Å². The lowest BCUT2D eigenvalue weighted by Crippen LogP contribution is -2.23. The lowest BCUT2D eigenvalue weighted by atomic mass is 10.1. The van der Waals surface area contributed by atoms with Crippen LogP contribution in [0.3, 0.4) is 0 Å². The summed E-state index contributed by atoms with van der Waals surface area (Å²) in [5.41, 5.74) is 4.64. The fourth-order valence-corrected chi connectivity index (χ4v) is 3.38. The fraction of sp³-hybridized carbons (Fsp3) is 0.263. The average Bonchev–Trinajstić information content (AvgIpc) is 3.26. The van der Waals surface area contributed by atoms with Gasteiger partial charge in [0.05, 0.1) is 5.69 Å². The highest BCUT2D eigenvalue weighted by molar-refractivity contribution is 5.58. The Morgan fingerprint density at radius 1 is 1.13 bits per heavy atom. The molecule has 2 aromatic heterocycles. The van der Waals surface area contributed by atoms with Gasteiger partial charge in [-0.3, -0.25) is 15.0 Å². The van der Waals surface area contributed by atoms with Gasteiger partial charge in [0.1, 0.15) is 0 Å². The van der Waals surface area contributed by atoms with E-state index in [9.17, 15) is 0 Å². The van der Waals surface area contributed by atoms with Crippen molar-refractivity contribution in [1.29, 1.82) is 0 Å². The largest absolute Gasteiger partial charge is 0.290 e. The van der Waals surface area contributed by atoms with Gasteiger partial charge in [-0.15, -0.1) is 0 Å². The zero-order valence-electron chi connectivity index (χ0n) is 13.0. The van der Waals surface area contributed by atoms with E-state index in [1.165, 1.54) is 24.1 Å². The van der Waals surface area contributed by atoms with Crippen LogP contribution in [0.5, 0.6) is 0 Å². The Balaban J connectivity index is 1.51. The molecule has 3 aromatic rings. The lowest BCUT2D eigenvalue weighted by Gasteiger charge is -2.23. The second kappa shape index (κ2) is 6.34. The van der Waals surface area contributed by atoms with Crippen molar-refractivity contribution in [2.45, 2.75) is 25.4 Å². The molecule has 23 heavy (non-hydrogen) atoms. The summed E-state index contributed by atoms with van der Waals surface area (Å²) in [5.74, 6) is 0. The molecule has 1 saturated heterocycles. The van der Waals surface area contributed by atoms with Crippen molar-refractivity contribution in [1.82, 2.24) is 20.1 Å². The molecule has 4 nitrogen and oxygen atoms in total. The predicted molar refractivity (Wildman–Crippen MR) is 90.6 cm³/mol. The van der Waals surface area contributed by atoms with Gasteiger partial charge in [0.2, 0.25) is 0 Å². The number of nitrogens with one attached hydrogen (secondary N) is 1. The van der Waals surface area contributed by atoms with Crippen LogP contribution >= 0.6 is 0 Å². The van der Waals surface area contributed by atoms with Crippen LogP contribution in [0.1, 0.15) is 30.1 Å². The Bertz CT molecular complexity index is 751. The topological polar surface area (TPSA) is 44.8 Å². The van der Waals surface area contributed by atoms with Crippen molar-refractivity contribution < 1.29 is 0 Å². The van der Waals surface area contributed by atoms with Crippen LogP contribution < -0.4 is 0 Å². The number of aromatic nitrogens is 3. The van der Waals surface area contributed by atoms with Crippen LogP contribution in [0, 0.1) is 0 Å². The monoisotopic (exact) mass is 304 g/mol. The summed E-state index contributed by atoms with van der Waals surface area (Å²) in [6, 6.07) is 17.1. The summed E-state index contributed by atoms with van der Waals surface area (Å²) < 4.78 is 0. The summed E-state index contributed by atoms with van der Waals surface area (Å²) in [4.78, 5) is 6.78. The van der Waals surface area contributed by atoms with E-state index in [-0.39, 0.29) is 0 Å². The summed E-state index contributed by atoms with van der Waals surface area (Å²) in [5, 5.41) is 7.66.